The average Bonchev–Trinajstić information content (AvgIpc) is 3.36. The average molecular weight is 953 g/mol. The first kappa shape index (κ1) is 52.0. The lowest BCUT2D eigenvalue weighted by atomic mass is 9.82. The molecule has 69 heavy (non-hydrogen) atoms. The predicted octanol–water partition coefficient (Wildman–Crippen LogP) is 7.63. The van der Waals surface area contributed by atoms with Gasteiger partial charge in [-0.3, -0.25) is 14.4 Å². The number of carbonyl (C=O) groups is 8. The highest BCUT2D eigenvalue weighted by Crippen LogP contribution is 2.34. The molecule has 0 aliphatic heterocycles. The van der Waals surface area contributed by atoms with E-state index in [2.05, 4.69) is 6.58 Å². The molecule has 18 nitrogen and oxygen atoms in total. The predicted molar refractivity (Wildman–Crippen MR) is 242 cm³/mol. The van der Waals surface area contributed by atoms with E-state index >= 15 is 0 Å². The number of benzene rings is 4. The number of rotatable bonds is 23. The largest absolute Gasteiger partial charge is 0.494 e. The summed E-state index contributed by atoms with van der Waals surface area (Å²) in [4.78, 5) is 100. The molecular weight excluding hydrogens is 901 g/mol. The number of hydrogen-bond donors (Lipinski definition) is 0. The quantitative estimate of drug-likeness (QED) is 0.0229. The van der Waals surface area contributed by atoms with Gasteiger partial charge in [0.15, 0.2) is 0 Å². The first-order chi connectivity index (χ1) is 33.3. The molecule has 0 bridgehead atoms. The number of esters is 8. The Labute approximate surface area is 397 Å². The van der Waals surface area contributed by atoms with E-state index in [9.17, 15) is 38.4 Å². The standard InChI is InChI=1S/C51H52O18/c1-5-45(53)65-29-9-8-28-64-38-20-16-36(17-21-38)47(55)67-40-23-25-44(42(31-40)51(59)61-4)69-49(57)34-12-10-33(11-13-34)48(56)68-43-24-22-39(30-41(43)50(58)60-3)66-46(54)35-14-18-37(19-15-35)63-27-7-6-26-62-32(2)52/h5,14-25,30-31,33-34H,1,6-13,26-29H2,2-4H3. The summed E-state index contributed by atoms with van der Waals surface area (Å²) in [6, 6.07) is 20.2. The van der Waals surface area contributed by atoms with Crippen LogP contribution in [0.1, 0.15) is 99.7 Å². The topological polar surface area (TPSA) is 229 Å². The Bertz CT molecular complexity index is 2470. The van der Waals surface area contributed by atoms with Gasteiger partial charge in [-0.05, 0) is 136 Å². The molecule has 0 radical (unpaired) electrons. The number of methoxy groups -OCH3 is 2. The van der Waals surface area contributed by atoms with Gasteiger partial charge in [-0.2, -0.15) is 0 Å². The van der Waals surface area contributed by atoms with Crippen molar-refractivity contribution in [1.29, 1.82) is 0 Å². The molecule has 0 atom stereocenters. The van der Waals surface area contributed by atoms with Crippen LogP contribution in [0.15, 0.2) is 97.6 Å². The summed E-state index contributed by atoms with van der Waals surface area (Å²) in [5.41, 5.74) is 0.0712. The Morgan fingerprint density at radius 1 is 0.493 bits per heavy atom. The van der Waals surface area contributed by atoms with Crippen LogP contribution in [-0.2, 0) is 38.1 Å². The van der Waals surface area contributed by atoms with Gasteiger partial charge in [-0.25, -0.2) is 24.0 Å². The molecule has 4 aromatic carbocycles. The van der Waals surface area contributed by atoms with Crippen molar-refractivity contribution in [2.45, 2.75) is 58.3 Å². The van der Waals surface area contributed by atoms with Gasteiger partial charge in [0.05, 0.1) is 63.6 Å². The van der Waals surface area contributed by atoms with Crippen molar-refractivity contribution >= 4 is 47.8 Å². The summed E-state index contributed by atoms with van der Waals surface area (Å²) < 4.78 is 53.2. The molecule has 1 aliphatic rings. The van der Waals surface area contributed by atoms with Gasteiger partial charge in [-0.15, -0.1) is 0 Å². The third-order valence-corrected chi connectivity index (χ3v) is 10.5. The Kier molecular flexibility index (Phi) is 19.8. The first-order valence-corrected chi connectivity index (χ1v) is 22.0. The zero-order valence-electron chi connectivity index (χ0n) is 38.4. The highest BCUT2D eigenvalue weighted by Gasteiger charge is 2.34. The van der Waals surface area contributed by atoms with Crippen LogP contribution < -0.4 is 28.4 Å². The summed E-state index contributed by atoms with van der Waals surface area (Å²) in [5.74, 6) is -5.79. The molecule has 0 spiro atoms. The molecule has 1 aliphatic carbocycles. The SMILES string of the molecule is C=CC(=O)OCCCCOc1ccc(C(=O)Oc2ccc(OC(=O)C3CCC(C(=O)Oc4ccc(OC(=O)c5ccc(OCCCCOC(C)=O)cc5)cc4C(=O)OC)CC3)c(C(=O)OC)c2)cc1. The summed E-state index contributed by atoms with van der Waals surface area (Å²) >= 11 is 0. The van der Waals surface area contributed by atoms with Crippen LogP contribution in [0, 0.1) is 11.8 Å². The molecule has 0 aromatic heterocycles. The van der Waals surface area contributed by atoms with Gasteiger partial charge in [0.1, 0.15) is 45.6 Å². The molecule has 4 aromatic rings. The second kappa shape index (κ2) is 26.4. The minimum absolute atomic E-state index is 0.0113. The van der Waals surface area contributed by atoms with Gasteiger partial charge >= 0.3 is 47.8 Å². The van der Waals surface area contributed by atoms with Gasteiger partial charge in [0, 0.05) is 13.0 Å². The van der Waals surface area contributed by atoms with Gasteiger partial charge in [0.25, 0.3) is 0 Å². The van der Waals surface area contributed by atoms with E-state index in [1.807, 2.05) is 0 Å². The minimum Gasteiger partial charge on any atom is -0.494 e. The van der Waals surface area contributed by atoms with Crippen molar-refractivity contribution in [3.8, 4) is 34.5 Å². The molecule has 0 amide bonds. The van der Waals surface area contributed by atoms with Gasteiger partial charge < -0.3 is 47.4 Å². The molecule has 0 heterocycles. The van der Waals surface area contributed by atoms with E-state index in [0.717, 1.165) is 20.3 Å². The third kappa shape index (κ3) is 16.1. The van der Waals surface area contributed by atoms with Crippen molar-refractivity contribution < 1.29 is 85.7 Å². The highest BCUT2D eigenvalue weighted by molar-refractivity contribution is 5.96. The minimum atomic E-state index is -0.848. The fraction of sp³-hybridized carbons (Fsp3) is 0.333. The van der Waals surface area contributed by atoms with E-state index in [1.54, 1.807) is 24.3 Å². The molecule has 5 rings (SSSR count). The van der Waals surface area contributed by atoms with Crippen molar-refractivity contribution in [3.05, 3.63) is 120 Å². The summed E-state index contributed by atoms with van der Waals surface area (Å²) in [6.45, 7) is 5.98. The van der Waals surface area contributed by atoms with Crippen molar-refractivity contribution in [3.63, 3.8) is 0 Å². The molecule has 0 unspecified atom stereocenters. The maximum absolute atomic E-state index is 13.4. The molecule has 1 fully saturated rings. The van der Waals surface area contributed by atoms with E-state index < -0.39 is 53.6 Å². The lowest BCUT2D eigenvalue weighted by Crippen LogP contribution is -2.31. The van der Waals surface area contributed by atoms with Gasteiger partial charge in [0.2, 0.25) is 0 Å². The summed E-state index contributed by atoms with van der Waals surface area (Å²) in [6.07, 6.45) is 4.58. The lowest BCUT2D eigenvalue weighted by Gasteiger charge is -2.26. The normalized spacial score (nSPS) is 13.9. The number of hydrogen-bond acceptors (Lipinski definition) is 18. The fourth-order valence-electron chi connectivity index (χ4n) is 6.75. The highest BCUT2D eigenvalue weighted by atomic mass is 16.6. The molecule has 1 saturated carbocycles. The Morgan fingerprint density at radius 3 is 1.25 bits per heavy atom. The van der Waals surface area contributed by atoms with Crippen LogP contribution in [0.4, 0.5) is 0 Å². The van der Waals surface area contributed by atoms with Crippen LogP contribution in [0.5, 0.6) is 34.5 Å². The monoisotopic (exact) mass is 952 g/mol. The lowest BCUT2D eigenvalue weighted by molar-refractivity contribution is -0.145. The maximum Gasteiger partial charge on any atom is 0.343 e. The van der Waals surface area contributed by atoms with Crippen LogP contribution in [0.25, 0.3) is 0 Å². The summed E-state index contributed by atoms with van der Waals surface area (Å²) in [5, 5.41) is 0. The number of unbranched alkanes of at least 4 members (excludes halogenated alkanes) is 2. The van der Waals surface area contributed by atoms with E-state index in [-0.39, 0.29) is 83.5 Å². The fourth-order valence-corrected chi connectivity index (χ4v) is 6.75. The smallest absolute Gasteiger partial charge is 0.343 e. The Balaban J connectivity index is 1.10. The second-order valence-corrected chi connectivity index (χ2v) is 15.3. The molecule has 18 heteroatoms. The number of ether oxygens (including phenoxy) is 10. The van der Waals surface area contributed by atoms with Crippen LogP contribution in [0.3, 0.4) is 0 Å². The van der Waals surface area contributed by atoms with Gasteiger partial charge in [-0.1, -0.05) is 6.58 Å². The van der Waals surface area contributed by atoms with Crippen molar-refractivity contribution in [1.82, 2.24) is 0 Å². The molecule has 0 N–H and O–H groups in total. The van der Waals surface area contributed by atoms with E-state index in [4.69, 9.17) is 47.4 Å². The maximum atomic E-state index is 13.4. The van der Waals surface area contributed by atoms with Crippen LogP contribution >= 0.6 is 0 Å². The van der Waals surface area contributed by atoms with Crippen molar-refractivity contribution in [2.24, 2.45) is 11.8 Å². The first-order valence-electron chi connectivity index (χ1n) is 22.0. The van der Waals surface area contributed by atoms with E-state index in [1.165, 1.54) is 67.6 Å². The second-order valence-electron chi connectivity index (χ2n) is 15.3. The molecule has 0 saturated heterocycles. The zero-order chi connectivity index (χ0) is 49.7. The summed E-state index contributed by atoms with van der Waals surface area (Å²) in [7, 11) is 2.29. The third-order valence-electron chi connectivity index (χ3n) is 10.5. The van der Waals surface area contributed by atoms with Crippen LogP contribution in [-0.4, -0.2) is 88.4 Å². The molecular formula is C51H52O18. The van der Waals surface area contributed by atoms with Crippen LogP contribution in [0.2, 0.25) is 0 Å². The Hall–Kier alpha value is -8.02. The zero-order valence-corrected chi connectivity index (χ0v) is 38.4. The van der Waals surface area contributed by atoms with E-state index in [0.29, 0.717) is 57.0 Å². The number of carbonyl (C=O) groups excluding carboxylic acids is 8. The Morgan fingerprint density at radius 2 is 0.870 bits per heavy atom. The molecule has 364 valence electrons. The van der Waals surface area contributed by atoms with Crippen molar-refractivity contribution in [2.75, 3.05) is 40.6 Å².